The third kappa shape index (κ3) is 2.27. The molecule has 5 heteroatoms. The summed E-state index contributed by atoms with van der Waals surface area (Å²) in [6.07, 6.45) is 0. The molecule has 0 radical (unpaired) electrons. The molecule has 0 aromatic heterocycles. The van der Waals surface area contributed by atoms with Gasteiger partial charge in [-0.2, -0.15) is 5.26 Å². The average molecular weight is 225 g/mol. The predicted molar refractivity (Wildman–Crippen MR) is 55.4 cm³/mol. The second kappa shape index (κ2) is 4.78. The van der Waals surface area contributed by atoms with Crippen LogP contribution in [0, 0.1) is 11.3 Å². The zero-order valence-corrected chi connectivity index (χ0v) is 8.84. The summed E-state index contributed by atoms with van der Waals surface area (Å²) in [6, 6.07) is 4.84. The Hall–Kier alpha value is -1.57. The lowest BCUT2D eigenvalue weighted by Gasteiger charge is -2.06. The van der Waals surface area contributed by atoms with Gasteiger partial charge in [0.15, 0.2) is 0 Å². The van der Waals surface area contributed by atoms with E-state index in [2.05, 4.69) is 4.74 Å². The van der Waals surface area contributed by atoms with Gasteiger partial charge in [0.25, 0.3) is 0 Å². The fourth-order valence-electron chi connectivity index (χ4n) is 1.19. The molecule has 0 aliphatic carbocycles. The third-order valence-corrected chi connectivity index (χ3v) is 2.22. The standard InChI is InChI=1S/C10H9ClN2O2/c1-15-10(14)6-2-7(4-12)8(5-13)9(11)3-6/h2-3H,4,12H2,1H3. The van der Waals surface area contributed by atoms with Crippen LogP contribution in [0.2, 0.25) is 5.02 Å². The molecule has 15 heavy (non-hydrogen) atoms. The largest absolute Gasteiger partial charge is 0.465 e. The quantitative estimate of drug-likeness (QED) is 0.772. The van der Waals surface area contributed by atoms with Crippen molar-refractivity contribution >= 4 is 17.6 Å². The van der Waals surface area contributed by atoms with E-state index in [4.69, 9.17) is 22.6 Å². The Morgan fingerprint density at radius 2 is 2.33 bits per heavy atom. The van der Waals surface area contributed by atoms with Gasteiger partial charge < -0.3 is 10.5 Å². The van der Waals surface area contributed by atoms with Gasteiger partial charge in [-0.25, -0.2) is 4.79 Å². The maximum Gasteiger partial charge on any atom is 0.337 e. The number of ether oxygens (including phenoxy) is 1. The fourth-order valence-corrected chi connectivity index (χ4v) is 1.47. The van der Waals surface area contributed by atoms with Gasteiger partial charge in [0.05, 0.1) is 23.3 Å². The molecule has 0 spiro atoms. The first-order valence-electron chi connectivity index (χ1n) is 4.15. The molecule has 78 valence electrons. The van der Waals surface area contributed by atoms with E-state index in [-0.39, 0.29) is 11.6 Å². The molecular weight excluding hydrogens is 216 g/mol. The molecule has 2 N–H and O–H groups in total. The lowest BCUT2D eigenvalue weighted by molar-refractivity contribution is 0.0600. The smallest absolute Gasteiger partial charge is 0.337 e. The number of carbonyl (C=O) groups excluding carboxylic acids is 1. The van der Waals surface area contributed by atoms with E-state index in [1.54, 1.807) is 0 Å². The first kappa shape index (κ1) is 11.5. The van der Waals surface area contributed by atoms with Gasteiger partial charge in [-0.05, 0) is 17.7 Å². The van der Waals surface area contributed by atoms with Crippen molar-refractivity contribution in [2.45, 2.75) is 6.54 Å². The molecule has 4 nitrogen and oxygen atoms in total. The van der Waals surface area contributed by atoms with E-state index in [0.717, 1.165) is 0 Å². The molecule has 1 rings (SSSR count). The highest BCUT2D eigenvalue weighted by atomic mass is 35.5. The number of nitrogens with two attached hydrogens (primary N) is 1. The molecule has 0 unspecified atom stereocenters. The van der Waals surface area contributed by atoms with Crippen molar-refractivity contribution < 1.29 is 9.53 Å². The van der Waals surface area contributed by atoms with Gasteiger partial charge in [-0.15, -0.1) is 0 Å². The van der Waals surface area contributed by atoms with Crippen LogP contribution in [0.1, 0.15) is 21.5 Å². The highest BCUT2D eigenvalue weighted by Gasteiger charge is 2.12. The molecule has 0 saturated carbocycles. The number of nitrogens with zero attached hydrogens (tertiary/aromatic N) is 1. The summed E-state index contributed by atoms with van der Waals surface area (Å²) in [5.41, 5.74) is 6.57. The number of hydrogen-bond acceptors (Lipinski definition) is 4. The summed E-state index contributed by atoms with van der Waals surface area (Å²) < 4.78 is 4.54. The number of benzene rings is 1. The Bertz CT molecular complexity index is 438. The minimum absolute atomic E-state index is 0.146. The first-order chi connectivity index (χ1) is 7.13. The zero-order chi connectivity index (χ0) is 11.4. The second-order valence-corrected chi connectivity index (χ2v) is 3.21. The Labute approximate surface area is 92.2 Å². The minimum atomic E-state index is -0.504. The van der Waals surface area contributed by atoms with Crippen LogP contribution in [-0.4, -0.2) is 13.1 Å². The lowest BCUT2D eigenvalue weighted by atomic mass is 10.0. The average Bonchev–Trinajstić information content (AvgIpc) is 2.26. The van der Waals surface area contributed by atoms with E-state index < -0.39 is 5.97 Å². The molecule has 1 aromatic rings. The van der Waals surface area contributed by atoms with E-state index in [1.165, 1.54) is 19.2 Å². The van der Waals surface area contributed by atoms with Crippen LogP contribution in [0.5, 0.6) is 0 Å². The van der Waals surface area contributed by atoms with Gasteiger partial charge in [-0.1, -0.05) is 11.6 Å². The summed E-state index contributed by atoms with van der Waals surface area (Å²) in [5.74, 6) is -0.504. The van der Waals surface area contributed by atoms with Crippen molar-refractivity contribution in [2.75, 3.05) is 7.11 Å². The van der Waals surface area contributed by atoms with Gasteiger partial charge in [0.2, 0.25) is 0 Å². The number of rotatable bonds is 2. The summed E-state index contributed by atoms with van der Waals surface area (Å²) in [4.78, 5) is 11.2. The third-order valence-electron chi connectivity index (χ3n) is 1.92. The van der Waals surface area contributed by atoms with Crippen molar-refractivity contribution in [1.29, 1.82) is 5.26 Å². The predicted octanol–water partition coefficient (Wildman–Crippen LogP) is 1.46. The maximum absolute atomic E-state index is 11.2. The monoisotopic (exact) mass is 224 g/mol. The first-order valence-corrected chi connectivity index (χ1v) is 4.52. The van der Waals surface area contributed by atoms with Crippen molar-refractivity contribution in [2.24, 2.45) is 5.73 Å². The molecule has 1 aromatic carbocycles. The second-order valence-electron chi connectivity index (χ2n) is 2.80. The number of carbonyl (C=O) groups is 1. The number of nitriles is 1. The van der Waals surface area contributed by atoms with Crippen molar-refractivity contribution in [3.63, 3.8) is 0 Å². The summed E-state index contributed by atoms with van der Waals surface area (Å²) in [6.45, 7) is 0.146. The van der Waals surface area contributed by atoms with Crippen molar-refractivity contribution in [1.82, 2.24) is 0 Å². The fraction of sp³-hybridized carbons (Fsp3) is 0.200. The van der Waals surface area contributed by atoms with Crippen LogP contribution >= 0.6 is 11.6 Å². The van der Waals surface area contributed by atoms with Crippen molar-refractivity contribution in [3.8, 4) is 6.07 Å². The van der Waals surface area contributed by atoms with Crippen LogP contribution in [0.25, 0.3) is 0 Å². The Balaban J connectivity index is 3.33. The number of esters is 1. The van der Waals surface area contributed by atoms with E-state index >= 15 is 0 Å². The van der Waals surface area contributed by atoms with E-state index in [1.807, 2.05) is 6.07 Å². The highest BCUT2D eigenvalue weighted by Crippen LogP contribution is 2.22. The van der Waals surface area contributed by atoms with Crippen LogP contribution in [0.15, 0.2) is 12.1 Å². The molecular formula is C10H9ClN2O2. The lowest BCUT2D eigenvalue weighted by Crippen LogP contribution is -2.06. The Kier molecular flexibility index (Phi) is 3.67. The highest BCUT2D eigenvalue weighted by molar-refractivity contribution is 6.32. The summed E-state index contributed by atoms with van der Waals surface area (Å²) in [5, 5.41) is 9.02. The normalized spacial score (nSPS) is 9.47. The molecule has 0 saturated heterocycles. The molecule has 0 heterocycles. The van der Waals surface area contributed by atoms with Gasteiger partial charge in [0, 0.05) is 6.54 Å². The molecule has 0 aliphatic heterocycles. The molecule has 0 atom stereocenters. The van der Waals surface area contributed by atoms with Crippen molar-refractivity contribution in [3.05, 3.63) is 33.8 Å². The molecule has 0 amide bonds. The Morgan fingerprint density at radius 3 is 2.80 bits per heavy atom. The number of hydrogen-bond donors (Lipinski definition) is 1. The summed E-state index contributed by atoms with van der Waals surface area (Å²) in [7, 11) is 1.27. The van der Waals surface area contributed by atoms with E-state index in [9.17, 15) is 4.79 Å². The Morgan fingerprint density at radius 1 is 1.67 bits per heavy atom. The van der Waals surface area contributed by atoms with Gasteiger partial charge in [-0.3, -0.25) is 0 Å². The molecule has 0 fully saturated rings. The van der Waals surface area contributed by atoms with Gasteiger partial charge >= 0.3 is 5.97 Å². The van der Waals surface area contributed by atoms with Gasteiger partial charge in [0.1, 0.15) is 6.07 Å². The summed E-state index contributed by atoms with van der Waals surface area (Å²) >= 11 is 5.83. The van der Waals surface area contributed by atoms with Crippen LogP contribution < -0.4 is 5.73 Å². The molecule has 0 aliphatic rings. The zero-order valence-electron chi connectivity index (χ0n) is 8.08. The number of methoxy groups -OCH3 is 1. The minimum Gasteiger partial charge on any atom is -0.465 e. The van der Waals surface area contributed by atoms with Crippen LogP contribution in [-0.2, 0) is 11.3 Å². The number of halogens is 1. The SMILES string of the molecule is COC(=O)c1cc(Cl)c(C#N)c(CN)c1. The topological polar surface area (TPSA) is 76.1 Å². The maximum atomic E-state index is 11.2. The van der Waals surface area contributed by atoms with Crippen LogP contribution in [0.3, 0.4) is 0 Å². The van der Waals surface area contributed by atoms with E-state index in [0.29, 0.717) is 16.7 Å². The molecule has 0 bridgehead atoms. The van der Waals surface area contributed by atoms with Crippen LogP contribution in [0.4, 0.5) is 0 Å².